The molecule has 0 saturated carbocycles. The fourth-order valence-electron chi connectivity index (χ4n) is 1.32. The van der Waals surface area contributed by atoms with Gasteiger partial charge in [0.2, 0.25) is 12.1 Å². The maximum Gasteiger partial charge on any atom is 0.310 e. The van der Waals surface area contributed by atoms with Gasteiger partial charge in [0.15, 0.2) is 0 Å². The molecule has 5 nitrogen and oxygen atoms in total. The third kappa shape index (κ3) is 3.51. The highest BCUT2D eigenvalue weighted by molar-refractivity contribution is 5.91. The number of anilines is 1. The smallest absolute Gasteiger partial charge is 0.310 e. The monoisotopic (exact) mass is 256 g/mol. The highest BCUT2D eigenvalue weighted by Gasteiger charge is 2.07. The van der Waals surface area contributed by atoms with Crippen LogP contribution in [-0.2, 0) is 0 Å². The van der Waals surface area contributed by atoms with Crippen molar-refractivity contribution < 1.29 is 9.13 Å². The molecular weight excluding hydrogens is 247 g/mol. The Morgan fingerprint density at radius 2 is 2.05 bits per heavy atom. The molecule has 0 aliphatic carbocycles. The molecule has 1 N–H and O–H groups in total. The number of nitrogens with zero attached hydrogens (tertiary/aromatic N) is 3. The second kappa shape index (κ2) is 6.12. The first-order valence-corrected chi connectivity index (χ1v) is 5.37. The minimum absolute atomic E-state index is 0.0763. The third-order valence-corrected chi connectivity index (χ3v) is 2.11. The highest BCUT2D eigenvalue weighted by atomic mass is 19.1. The number of aromatic nitrogens is 1. The van der Waals surface area contributed by atoms with E-state index in [0.717, 1.165) is 0 Å². The van der Waals surface area contributed by atoms with Gasteiger partial charge >= 0.3 is 6.02 Å². The summed E-state index contributed by atoms with van der Waals surface area (Å²) in [5, 5.41) is 11.2. The minimum atomic E-state index is -0.704. The first-order valence-electron chi connectivity index (χ1n) is 5.37. The lowest BCUT2D eigenvalue weighted by molar-refractivity contribution is 0.546. The Balaban J connectivity index is 2.17. The number of aliphatic imine (C=N–C) groups is 1. The van der Waals surface area contributed by atoms with E-state index in [-0.39, 0.29) is 11.7 Å². The van der Waals surface area contributed by atoms with Crippen LogP contribution < -0.4 is 10.1 Å². The molecule has 0 aliphatic heterocycles. The number of nitriles is 1. The topological polar surface area (TPSA) is 70.3 Å². The van der Waals surface area contributed by atoms with Crippen molar-refractivity contribution >= 4 is 11.7 Å². The van der Waals surface area contributed by atoms with Crippen molar-refractivity contribution in [1.82, 2.24) is 4.98 Å². The number of ether oxygens (including phenoxy) is 1. The van der Waals surface area contributed by atoms with Crippen LogP contribution in [0.4, 0.5) is 10.1 Å². The summed E-state index contributed by atoms with van der Waals surface area (Å²) in [5.74, 6) is -0.224. The number of para-hydroxylation sites is 1. The Morgan fingerprint density at radius 1 is 1.26 bits per heavy atom. The van der Waals surface area contributed by atoms with Gasteiger partial charge in [0.25, 0.3) is 0 Å². The molecule has 0 amide bonds. The molecule has 0 saturated heterocycles. The van der Waals surface area contributed by atoms with Gasteiger partial charge in [-0.3, -0.25) is 0 Å². The molecule has 0 aliphatic rings. The van der Waals surface area contributed by atoms with Gasteiger partial charge in [-0.15, -0.1) is 4.99 Å². The Hall–Kier alpha value is -2.94. The van der Waals surface area contributed by atoms with Gasteiger partial charge in [-0.1, -0.05) is 18.2 Å². The van der Waals surface area contributed by atoms with Crippen LogP contribution in [0.25, 0.3) is 0 Å². The number of nitrogens with one attached hydrogen (secondary N) is 1. The van der Waals surface area contributed by atoms with E-state index in [0.29, 0.717) is 5.75 Å². The summed E-state index contributed by atoms with van der Waals surface area (Å²) in [4.78, 5) is 6.93. The summed E-state index contributed by atoms with van der Waals surface area (Å²) >= 11 is 0. The van der Waals surface area contributed by atoms with E-state index < -0.39 is 5.95 Å². The molecule has 2 rings (SSSR count). The molecule has 1 aromatic carbocycles. The van der Waals surface area contributed by atoms with Crippen LogP contribution in [-0.4, -0.2) is 11.0 Å². The van der Waals surface area contributed by atoms with Crippen LogP contribution in [0.5, 0.6) is 5.75 Å². The highest BCUT2D eigenvalue weighted by Crippen LogP contribution is 2.13. The van der Waals surface area contributed by atoms with Crippen LogP contribution in [0, 0.1) is 17.4 Å². The molecule has 1 heterocycles. The summed E-state index contributed by atoms with van der Waals surface area (Å²) in [6.45, 7) is 0. The predicted molar refractivity (Wildman–Crippen MR) is 67.9 cm³/mol. The average molecular weight is 256 g/mol. The van der Waals surface area contributed by atoms with Gasteiger partial charge < -0.3 is 10.1 Å². The standard InChI is InChI=1S/C13H9FN4O/c14-12-11(7-4-8-16-12)18-13(17-9-15)19-10-5-2-1-3-6-10/h1-8H,(H,17,18). The van der Waals surface area contributed by atoms with Crippen molar-refractivity contribution in [1.29, 1.82) is 5.26 Å². The molecule has 0 bridgehead atoms. The SMILES string of the molecule is N#C/N=C(/Nc1cccnc1F)Oc1ccccc1. The fourth-order valence-corrected chi connectivity index (χ4v) is 1.32. The number of rotatable bonds is 2. The number of benzene rings is 1. The number of pyridine rings is 1. The molecule has 2 aromatic rings. The summed E-state index contributed by atoms with van der Waals surface area (Å²) in [6.07, 6.45) is 2.90. The quantitative estimate of drug-likeness (QED) is 0.388. The Morgan fingerprint density at radius 3 is 2.74 bits per heavy atom. The van der Waals surface area contributed by atoms with Crippen molar-refractivity contribution in [2.45, 2.75) is 0 Å². The maximum atomic E-state index is 13.4. The predicted octanol–water partition coefficient (Wildman–Crippen LogP) is 2.55. The Kier molecular flexibility index (Phi) is 4.03. The summed E-state index contributed by atoms with van der Waals surface area (Å²) < 4.78 is 18.7. The van der Waals surface area contributed by atoms with Crippen molar-refractivity contribution in [3.05, 3.63) is 54.6 Å². The zero-order valence-corrected chi connectivity index (χ0v) is 9.75. The normalized spacial score (nSPS) is 10.6. The lowest BCUT2D eigenvalue weighted by atomic mass is 10.3. The molecule has 94 valence electrons. The fraction of sp³-hybridized carbons (Fsp3) is 0. The molecule has 0 radical (unpaired) electrons. The Bertz CT molecular complexity index is 622. The molecule has 1 aromatic heterocycles. The van der Waals surface area contributed by atoms with E-state index in [1.54, 1.807) is 36.5 Å². The van der Waals surface area contributed by atoms with Gasteiger partial charge in [0, 0.05) is 6.20 Å². The maximum absolute atomic E-state index is 13.4. The van der Waals surface area contributed by atoms with Gasteiger partial charge in [-0.25, -0.2) is 4.98 Å². The molecule has 6 heteroatoms. The number of amidine groups is 1. The van der Waals surface area contributed by atoms with E-state index in [4.69, 9.17) is 10.00 Å². The van der Waals surface area contributed by atoms with Crippen LogP contribution in [0.3, 0.4) is 0 Å². The second-order valence-corrected chi connectivity index (χ2v) is 3.40. The van der Waals surface area contributed by atoms with Crippen LogP contribution in [0.2, 0.25) is 0 Å². The van der Waals surface area contributed by atoms with Gasteiger partial charge in [0.05, 0.1) is 5.69 Å². The lowest BCUT2D eigenvalue weighted by Gasteiger charge is -2.09. The lowest BCUT2D eigenvalue weighted by Crippen LogP contribution is -2.20. The van der Waals surface area contributed by atoms with Crippen LogP contribution >= 0.6 is 0 Å². The third-order valence-electron chi connectivity index (χ3n) is 2.11. The van der Waals surface area contributed by atoms with Crippen molar-refractivity contribution in [3.63, 3.8) is 0 Å². The molecule has 0 fully saturated rings. The van der Waals surface area contributed by atoms with E-state index >= 15 is 0 Å². The van der Waals surface area contributed by atoms with Crippen molar-refractivity contribution in [2.75, 3.05) is 5.32 Å². The van der Waals surface area contributed by atoms with E-state index in [1.165, 1.54) is 12.3 Å². The summed E-state index contributed by atoms with van der Waals surface area (Å²) in [5.41, 5.74) is 0.0763. The van der Waals surface area contributed by atoms with Gasteiger partial charge in [-0.05, 0) is 24.3 Å². The zero-order chi connectivity index (χ0) is 13.5. The van der Waals surface area contributed by atoms with Crippen LogP contribution in [0.15, 0.2) is 53.7 Å². The minimum Gasteiger partial charge on any atom is -0.425 e. The average Bonchev–Trinajstić information content (AvgIpc) is 2.43. The number of hydrogen-bond acceptors (Lipinski definition) is 4. The van der Waals surface area contributed by atoms with Gasteiger partial charge in [-0.2, -0.15) is 9.65 Å². The summed E-state index contributed by atoms with van der Waals surface area (Å²) in [6, 6.07) is 11.6. The van der Waals surface area contributed by atoms with E-state index in [1.807, 2.05) is 6.07 Å². The molecule has 19 heavy (non-hydrogen) atoms. The number of hydrogen-bond donors (Lipinski definition) is 1. The second-order valence-electron chi connectivity index (χ2n) is 3.40. The number of halogens is 1. The van der Waals surface area contributed by atoms with E-state index in [2.05, 4.69) is 15.3 Å². The van der Waals surface area contributed by atoms with Crippen LogP contribution in [0.1, 0.15) is 0 Å². The largest absolute Gasteiger partial charge is 0.425 e. The molecule has 0 spiro atoms. The first kappa shape index (κ1) is 12.5. The van der Waals surface area contributed by atoms with Crippen molar-refractivity contribution in [3.8, 4) is 11.9 Å². The first-order chi connectivity index (χ1) is 9.29. The zero-order valence-electron chi connectivity index (χ0n) is 9.75. The summed E-state index contributed by atoms with van der Waals surface area (Å²) in [7, 11) is 0. The van der Waals surface area contributed by atoms with Crippen molar-refractivity contribution in [2.24, 2.45) is 4.99 Å². The van der Waals surface area contributed by atoms with Gasteiger partial charge in [0.1, 0.15) is 5.75 Å². The molecule has 0 atom stereocenters. The molecule has 0 unspecified atom stereocenters. The van der Waals surface area contributed by atoms with E-state index in [9.17, 15) is 4.39 Å². The molecular formula is C13H9FN4O. The Labute approximate surface area is 109 Å².